The van der Waals surface area contributed by atoms with Crippen molar-refractivity contribution in [2.45, 2.75) is 38.3 Å². The predicted octanol–water partition coefficient (Wildman–Crippen LogP) is 1.08. The fourth-order valence-corrected chi connectivity index (χ4v) is 2.18. The fourth-order valence-electron chi connectivity index (χ4n) is 2.18. The lowest BCUT2D eigenvalue weighted by molar-refractivity contribution is 0.375. The van der Waals surface area contributed by atoms with Gasteiger partial charge in [0.25, 0.3) is 0 Å². The van der Waals surface area contributed by atoms with Gasteiger partial charge in [-0.1, -0.05) is 0 Å². The van der Waals surface area contributed by atoms with Crippen LogP contribution in [-0.4, -0.2) is 37.1 Å². The molecule has 1 aliphatic heterocycles. The number of hydrogen-bond donors (Lipinski definition) is 1. The summed E-state index contributed by atoms with van der Waals surface area (Å²) in [6.07, 6.45) is 4.25. The predicted molar refractivity (Wildman–Crippen MR) is 51.2 cm³/mol. The zero-order valence-electron chi connectivity index (χ0n) is 8.21. The molecule has 1 saturated carbocycles. The van der Waals surface area contributed by atoms with Gasteiger partial charge in [0.15, 0.2) is 0 Å². The second-order valence-corrected chi connectivity index (χ2v) is 4.54. The monoisotopic (exact) mass is 168 g/mol. The summed E-state index contributed by atoms with van der Waals surface area (Å²) < 4.78 is 0. The molecule has 0 unspecified atom stereocenters. The Morgan fingerprint density at radius 3 is 2.58 bits per heavy atom. The minimum Gasteiger partial charge on any atom is -0.310 e. The smallest absolute Gasteiger partial charge is 0.0209 e. The van der Waals surface area contributed by atoms with E-state index in [-0.39, 0.29) is 0 Å². The van der Waals surface area contributed by atoms with E-state index < -0.39 is 0 Å². The molecule has 2 nitrogen and oxygen atoms in total. The molecule has 1 saturated heterocycles. The Bertz CT molecular complexity index is 154. The maximum Gasteiger partial charge on any atom is 0.0209 e. The van der Waals surface area contributed by atoms with Crippen LogP contribution < -0.4 is 5.32 Å². The summed E-state index contributed by atoms with van der Waals surface area (Å²) in [6, 6.07) is 1.53. The second kappa shape index (κ2) is 3.35. The fraction of sp³-hybridized carbons (Fsp3) is 1.00. The summed E-state index contributed by atoms with van der Waals surface area (Å²) in [5.74, 6) is 0.996. The molecule has 0 radical (unpaired) electrons. The molecule has 2 heteroatoms. The molecule has 12 heavy (non-hydrogen) atoms. The minimum atomic E-state index is 0.765. The Labute approximate surface area is 75.3 Å². The molecule has 0 aromatic carbocycles. The summed E-state index contributed by atoms with van der Waals surface area (Å²) in [7, 11) is 2.21. The molecular weight excluding hydrogens is 148 g/mol. The van der Waals surface area contributed by atoms with E-state index in [0.717, 1.165) is 18.0 Å². The molecule has 2 aliphatic rings. The largest absolute Gasteiger partial charge is 0.310 e. The van der Waals surface area contributed by atoms with Gasteiger partial charge in [0, 0.05) is 18.6 Å². The van der Waals surface area contributed by atoms with Gasteiger partial charge in [0.1, 0.15) is 0 Å². The van der Waals surface area contributed by atoms with Crippen LogP contribution in [0, 0.1) is 5.92 Å². The van der Waals surface area contributed by atoms with Crippen molar-refractivity contribution in [1.29, 1.82) is 0 Å². The zero-order chi connectivity index (χ0) is 8.55. The standard InChI is InChI=1S/C10H20N2/c1-8(9-3-4-9)11-10-5-6-12(2)7-10/h8-11H,3-7H2,1-2H3/t8-,10-/m1/s1. The number of hydrogen-bond acceptors (Lipinski definition) is 2. The van der Waals surface area contributed by atoms with Gasteiger partial charge in [-0.3, -0.25) is 0 Å². The van der Waals surface area contributed by atoms with Crippen molar-refractivity contribution in [2.24, 2.45) is 5.92 Å². The van der Waals surface area contributed by atoms with Crippen LogP contribution in [0.3, 0.4) is 0 Å². The van der Waals surface area contributed by atoms with E-state index in [1.165, 1.54) is 32.4 Å². The van der Waals surface area contributed by atoms with Gasteiger partial charge < -0.3 is 10.2 Å². The third kappa shape index (κ3) is 1.99. The van der Waals surface area contributed by atoms with Crippen molar-refractivity contribution in [3.8, 4) is 0 Å². The van der Waals surface area contributed by atoms with Crippen LogP contribution in [0.4, 0.5) is 0 Å². The first-order chi connectivity index (χ1) is 5.75. The van der Waals surface area contributed by atoms with Crippen LogP contribution in [0.2, 0.25) is 0 Å². The Hall–Kier alpha value is -0.0800. The first-order valence-electron chi connectivity index (χ1n) is 5.20. The van der Waals surface area contributed by atoms with Gasteiger partial charge in [-0.2, -0.15) is 0 Å². The van der Waals surface area contributed by atoms with Crippen molar-refractivity contribution in [3.05, 3.63) is 0 Å². The SMILES string of the molecule is C[C@@H](N[C@@H]1CCN(C)C1)C1CC1. The van der Waals surface area contributed by atoms with Crippen LogP contribution in [0.5, 0.6) is 0 Å². The van der Waals surface area contributed by atoms with Crippen LogP contribution in [0.25, 0.3) is 0 Å². The number of nitrogens with zero attached hydrogens (tertiary/aromatic N) is 1. The molecule has 2 fully saturated rings. The molecule has 2 rings (SSSR count). The first kappa shape index (κ1) is 8.52. The van der Waals surface area contributed by atoms with E-state index in [1.807, 2.05) is 0 Å². The highest BCUT2D eigenvalue weighted by Crippen LogP contribution is 2.32. The van der Waals surface area contributed by atoms with Gasteiger partial charge >= 0.3 is 0 Å². The maximum atomic E-state index is 3.73. The summed E-state index contributed by atoms with van der Waals surface area (Å²) in [5, 5.41) is 3.73. The van der Waals surface area contributed by atoms with Gasteiger partial charge in [-0.05, 0) is 45.7 Å². The normalized spacial score (nSPS) is 34.0. The van der Waals surface area contributed by atoms with Gasteiger partial charge in [-0.15, -0.1) is 0 Å². The Morgan fingerprint density at radius 1 is 1.33 bits per heavy atom. The number of likely N-dealkylation sites (N-methyl/N-ethyl adjacent to an activating group) is 1. The highest BCUT2D eigenvalue weighted by molar-refractivity contribution is 4.88. The molecule has 1 N–H and O–H groups in total. The maximum absolute atomic E-state index is 3.73. The van der Waals surface area contributed by atoms with Crippen molar-refractivity contribution in [1.82, 2.24) is 10.2 Å². The van der Waals surface area contributed by atoms with E-state index in [9.17, 15) is 0 Å². The van der Waals surface area contributed by atoms with E-state index in [1.54, 1.807) is 0 Å². The van der Waals surface area contributed by atoms with E-state index in [4.69, 9.17) is 0 Å². The van der Waals surface area contributed by atoms with Crippen molar-refractivity contribution >= 4 is 0 Å². The molecule has 1 aliphatic carbocycles. The van der Waals surface area contributed by atoms with E-state index >= 15 is 0 Å². The summed E-state index contributed by atoms with van der Waals surface area (Å²) >= 11 is 0. The Morgan fingerprint density at radius 2 is 2.08 bits per heavy atom. The summed E-state index contributed by atoms with van der Waals surface area (Å²) in [5.41, 5.74) is 0. The first-order valence-corrected chi connectivity index (χ1v) is 5.20. The van der Waals surface area contributed by atoms with Gasteiger partial charge in [0.05, 0.1) is 0 Å². The number of likely N-dealkylation sites (tertiary alicyclic amines) is 1. The molecule has 2 atom stereocenters. The van der Waals surface area contributed by atoms with Crippen LogP contribution in [-0.2, 0) is 0 Å². The van der Waals surface area contributed by atoms with Crippen molar-refractivity contribution in [3.63, 3.8) is 0 Å². The van der Waals surface area contributed by atoms with Crippen molar-refractivity contribution in [2.75, 3.05) is 20.1 Å². The zero-order valence-corrected chi connectivity index (χ0v) is 8.21. The van der Waals surface area contributed by atoms with Crippen LogP contribution in [0.15, 0.2) is 0 Å². The topological polar surface area (TPSA) is 15.3 Å². The summed E-state index contributed by atoms with van der Waals surface area (Å²) in [6.45, 7) is 4.86. The van der Waals surface area contributed by atoms with Crippen LogP contribution >= 0.6 is 0 Å². The molecular formula is C10H20N2. The Balaban J connectivity index is 1.71. The highest BCUT2D eigenvalue weighted by atomic mass is 15.2. The van der Waals surface area contributed by atoms with Crippen molar-refractivity contribution < 1.29 is 0 Å². The average Bonchev–Trinajstić information content (AvgIpc) is 2.78. The summed E-state index contributed by atoms with van der Waals surface area (Å²) in [4.78, 5) is 2.41. The molecule has 0 spiro atoms. The molecule has 0 bridgehead atoms. The third-order valence-corrected chi connectivity index (χ3v) is 3.22. The lowest BCUT2D eigenvalue weighted by Crippen LogP contribution is -2.39. The minimum absolute atomic E-state index is 0.765. The van der Waals surface area contributed by atoms with Crippen LogP contribution in [0.1, 0.15) is 26.2 Å². The average molecular weight is 168 g/mol. The number of nitrogens with one attached hydrogen (secondary N) is 1. The lowest BCUT2D eigenvalue weighted by Gasteiger charge is -2.18. The third-order valence-electron chi connectivity index (χ3n) is 3.22. The lowest BCUT2D eigenvalue weighted by atomic mass is 10.1. The molecule has 70 valence electrons. The molecule has 0 aromatic rings. The van der Waals surface area contributed by atoms with Gasteiger partial charge in [-0.25, -0.2) is 0 Å². The quantitative estimate of drug-likeness (QED) is 0.678. The molecule has 0 amide bonds. The van der Waals surface area contributed by atoms with E-state index in [0.29, 0.717) is 0 Å². The number of rotatable bonds is 3. The second-order valence-electron chi connectivity index (χ2n) is 4.54. The molecule has 1 heterocycles. The van der Waals surface area contributed by atoms with Gasteiger partial charge in [0.2, 0.25) is 0 Å². The highest BCUT2D eigenvalue weighted by Gasteiger charge is 2.30. The van der Waals surface area contributed by atoms with E-state index in [2.05, 4.69) is 24.2 Å². The molecule has 0 aromatic heterocycles. The Kier molecular flexibility index (Phi) is 2.37.